The van der Waals surface area contributed by atoms with Crippen LogP contribution in [0.3, 0.4) is 0 Å². The van der Waals surface area contributed by atoms with E-state index < -0.39 is 10.0 Å². The Hall–Kier alpha value is -2.51. The van der Waals surface area contributed by atoms with Crippen molar-refractivity contribution in [1.29, 1.82) is 0 Å². The average molecular weight is 383 g/mol. The second-order valence-corrected chi connectivity index (χ2v) is 9.33. The summed E-state index contributed by atoms with van der Waals surface area (Å²) in [7, 11) is -3.54. The van der Waals surface area contributed by atoms with Crippen LogP contribution in [0.4, 0.5) is 5.69 Å². The van der Waals surface area contributed by atoms with Crippen molar-refractivity contribution >= 4 is 26.6 Å². The summed E-state index contributed by atoms with van der Waals surface area (Å²) in [5, 5.41) is 10.5. The standard InChI is InChI=1S/C20H21N3O3S/c24-17-4-2-16(3-5-17)22-11-12-23(20(14-22)8-9-20)27(25,26)18-6-1-15-7-10-21-19(15)13-18/h1-7,10,13,21,24H,8-9,11-12,14H2. The maximum atomic E-state index is 13.4. The average Bonchev–Trinajstić information content (AvgIpc) is 3.25. The zero-order chi connectivity index (χ0) is 18.6. The summed E-state index contributed by atoms with van der Waals surface area (Å²) >= 11 is 0. The molecule has 2 heterocycles. The number of anilines is 1. The van der Waals surface area contributed by atoms with Gasteiger partial charge in [-0.25, -0.2) is 8.42 Å². The van der Waals surface area contributed by atoms with E-state index in [-0.39, 0.29) is 11.3 Å². The summed E-state index contributed by atoms with van der Waals surface area (Å²) in [4.78, 5) is 5.66. The van der Waals surface area contributed by atoms with Crippen LogP contribution in [0, 0.1) is 0 Å². The first-order valence-electron chi connectivity index (χ1n) is 9.12. The SMILES string of the molecule is O=S(=O)(c1ccc2cc[nH]c2c1)N1CCN(c2ccc(O)cc2)CC12CC2. The molecule has 7 heteroatoms. The fourth-order valence-electron chi connectivity index (χ4n) is 4.09. The van der Waals surface area contributed by atoms with Crippen molar-refractivity contribution in [2.24, 2.45) is 0 Å². The molecule has 3 aromatic rings. The van der Waals surface area contributed by atoms with Crippen LogP contribution < -0.4 is 4.90 Å². The highest BCUT2D eigenvalue weighted by molar-refractivity contribution is 7.89. The topological polar surface area (TPSA) is 76.6 Å². The van der Waals surface area contributed by atoms with Gasteiger partial charge in [0.25, 0.3) is 0 Å². The molecule has 0 atom stereocenters. The lowest BCUT2D eigenvalue weighted by atomic mass is 10.1. The van der Waals surface area contributed by atoms with E-state index in [4.69, 9.17) is 0 Å². The second-order valence-electron chi connectivity index (χ2n) is 7.47. The molecule has 27 heavy (non-hydrogen) atoms. The molecular weight excluding hydrogens is 362 g/mol. The molecule has 1 aromatic heterocycles. The number of benzene rings is 2. The second kappa shape index (κ2) is 5.74. The Balaban J connectivity index is 1.45. The summed E-state index contributed by atoms with van der Waals surface area (Å²) in [5.74, 6) is 0.237. The molecule has 2 fully saturated rings. The number of fused-ring (bicyclic) bond motifs is 1. The first-order chi connectivity index (χ1) is 13.0. The van der Waals surface area contributed by atoms with Crippen LogP contribution in [-0.4, -0.2) is 48.0 Å². The zero-order valence-corrected chi connectivity index (χ0v) is 15.6. The van der Waals surface area contributed by atoms with Gasteiger partial charge in [-0.2, -0.15) is 4.31 Å². The van der Waals surface area contributed by atoms with Crippen LogP contribution in [-0.2, 0) is 10.0 Å². The van der Waals surface area contributed by atoms with E-state index in [2.05, 4.69) is 9.88 Å². The number of hydrogen-bond donors (Lipinski definition) is 2. The summed E-state index contributed by atoms with van der Waals surface area (Å²) in [5.41, 5.74) is 1.53. The monoisotopic (exact) mass is 383 g/mol. The van der Waals surface area contributed by atoms with E-state index in [1.165, 1.54) is 0 Å². The van der Waals surface area contributed by atoms with E-state index in [0.717, 1.165) is 29.4 Å². The number of nitrogens with one attached hydrogen (secondary N) is 1. The maximum Gasteiger partial charge on any atom is 0.243 e. The van der Waals surface area contributed by atoms with Gasteiger partial charge in [0.2, 0.25) is 10.0 Å². The van der Waals surface area contributed by atoms with Crippen molar-refractivity contribution < 1.29 is 13.5 Å². The number of sulfonamides is 1. The number of piperazine rings is 1. The molecule has 140 valence electrons. The van der Waals surface area contributed by atoms with Crippen LogP contribution in [0.5, 0.6) is 5.75 Å². The molecule has 0 bridgehead atoms. The van der Waals surface area contributed by atoms with Gasteiger partial charge in [-0.05, 0) is 60.7 Å². The Morgan fingerprint density at radius 2 is 1.78 bits per heavy atom. The van der Waals surface area contributed by atoms with Crippen molar-refractivity contribution in [3.8, 4) is 5.75 Å². The molecule has 1 spiro atoms. The summed E-state index contributed by atoms with van der Waals surface area (Å²) < 4.78 is 28.4. The molecule has 2 N–H and O–H groups in total. The normalized spacial score (nSPS) is 19.6. The Morgan fingerprint density at radius 1 is 1.00 bits per heavy atom. The molecule has 2 aliphatic rings. The van der Waals surface area contributed by atoms with Crippen molar-refractivity contribution in [2.45, 2.75) is 23.3 Å². The largest absolute Gasteiger partial charge is 0.508 e. The number of hydrogen-bond acceptors (Lipinski definition) is 4. The van der Waals surface area contributed by atoms with Gasteiger partial charge in [0.05, 0.1) is 10.4 Å². The van der Waals surface area contributed by atoms with Crippen LogP contribution in [0.2, 0.25) is 0 Å². The van der Waals surface area contributed by atoms with Crippen molar-refractivity contribution in [2.75, 3.05) is 24.5 Å². The highest BCUT2D eigenvalue weighted by atomic mass is 32.2. The first kappa shape index (κ1) is 16.6. The Labute approximate surface area is 158 Å². The molecule has 1 aliphatic heterocycles. The molecule has 2 aromatic carbocycles. The van der Waals surface area contributed by atoms with Crippen LogP contribution in [0.25, 0.3) is 10.9 Å². The summed E-state index contributed by atoms with van der Waals surface area (Å²) in [6.07, 6.45) is 3.58. The van der Waals surface area contributed by atoms with Gasteiger partial charge in [0.1, 0.15) is 5.75 Å². The van der Waals surface area contributed by atoms with Crippen LogP contribution >= 0.6 is 0 Å². The Bertz CT molecular complexity index is 1100. The van der Waals surface area contributed by atoms with Gasteiger partial charge in [-0.15, -0.1) is 0 Å². The number of nitrogens with zero attached hydrogens (tertiary/aromatic N) is 2. The molecule has 5 rings (SSSR count). The zero-order valence-electron chi connectivity index (χ0n) is 14.8. The number of phenolic OH excluding ortho intramolecular Hbond substituents is 1. The molecule has 1 saturated heterocycles. The number of phenols is 1. The minimum Gasteiger partial charge on any atom is -0.508 e. The predicted molar refractivity (Wildman–Crippen MR) is 104 cm³/mol. The number of aromatic nitrogens is 1. The summed E-state index contributed by atoms with van der Waals surface area (Å²) in [6.45, 7) is 1.78. The molecular formula is C20H21N3O3S. The lowest BCUT2D eigenvalue weighted by Crippen LogP contribution is -2.57. The van der Waals surface area contributed by atoms with E-state index >= 15 is 0 Å². The molecule has 0 amide bonds. The Kier molecular flexibility index (Phi) is 3.54. The lowest BCUT2D eigenvalue weighted by Gasteiger charge is -2.42. The molecule has 0 unspecified atom stereocenters. The third kappa shape index (κ3) is 2.69. The van der Waals surface area contributed by atoms with Gasteiger partial charge < -0.3 is 15.0 Å². The predicted octanol–water partition coefficient (Wildman–Crippen LogP) is 2.92. The van der Waals surface area contributed by atoms with Crippen LogP contribution in [0.1, 0.15) is 12.8 Å². The van der Waals surface area contributed by atoms with Crippen molar-refractivity contribution in [3.63, 3.8) is 0 Å². The van der Waals surface area contributed by atoms with Gasteiger partial charge in [0, 0.05) is 37.0 Å². The van der Waals surface area contributed by atoms with E-state index in [9.17, 15) is 13.5 Å². The maximum absolute atomic E-state index is 13.4. The fourth-order valence-corrected chi connectivity index (χ4v) is 5.92. The van der Waals surface area contributed by atoms with Crippen molar-refractivity contribution in [3.05, 3.63) is 54.7 Å². The number of aromatic hydroxyl groups is 1. The smallest absolute Gasteiger partial charge is 0.243 e. The molecule has 6 nitrogen and oxygen atoms in total. The van der Waals surface area contributed by atoms with Crippen molar-refractivity contribution in [1.82, 2.24) is 9.29 Å². The van der Waals surface area contributed by atoms with E-state index in [0.29, 0.717) is 24.5 Å². The highest BCUT2D eigenvalue weighted by Gasteiger charge is 2.56. The fraction of sp³-hybridized carbons (Fsp3) is 0.300. The number of rotatable bonds is 3. The molecule has 0 radical (unpaired) electrons. The number of aromatic amines is 1. The summed E-state index contributed by atoms with van der Waals surface area (Å²) in [6, 6.07) is 14.3. The minimum absolute atomic E-state index is 0.237. The molecule has 1 saturated carbocycles. The quantitative estimate of drug-likeness (QED) is 0.729. The van der Waals surface area contributed by atoms with E-state index in [1.54, 1.807) is 28.6 Å². The highest BCUT2D eigenvalue weighted by Crippen LogP contribution is 2.47. The van der Waals surface area contributed by atoms with Gasteiger partial charge >= 0.3 is 0 Å². The van der Waals surface area contributed by atoms with Gasteiger partial charge in [-0.3, -0.25) is 0 Å². The van der Waals surface area contributed by atoms with Gasteiger partial charge in [-0.1, -0.05) is 6.07 Å². The number of H-pyrrole nitrogens is 1. The third-order valence-corrected chi connectivity index (χ3v) is 7.74. The van der Waals surface area contributed by atoms with E-state index in [1.807, 2.05) is 30.5 Å². The Morgan fingerprint density at radius 3 is 2.52 bits per heavy atom. The van der Waals surface area contributed by atoms with Crippen LogP contribution in [0.15, 0.2) is 59.6 Å². The lowest BCUT2D eigenvalue weighted by molar-refractivity contribution is 0.271. The molecule has 1 aliphatic carbocycles. The first-order valence-corrected chi connectivity index (χ1v) is 10.6. The minimum atomic E-state index is -3.54. The van der Waals surface area contributed by atoms with Gasteiger partial charge in [0.15, 0.2) is 0 Å². The third-order valence-electron chi connectivity index (χ3n) is 5.74.